The minimum Gasteiger partial charge on any atom is -0.388 e. The molecule has 0 fully saturated rings. The number of aromatic amines is 1. The number of amides is 1. The van der Waals surface area contributed by atoms with Gasteiger partial charge >= 0.3 is 0 Å². The first-order chi connectivity index (χ1) is 10.4. The molecule has 2 aromatic rings. The Kier molecular flexibility index (Phi) is 5.24. The number of carbonyl (C=O) groups excluding carboxylic acids is 1. The molecule has 3 N–H and O–H groups in total. The summed E-state index contributed by atoms with van der Waals surface area (Å²) in [6.07, 6.45) is 3.98. The average Bonchev–Trinajstić information content (AvgIpc) is 2.93. The number of aromatic nitrogens is 1. The SMILES string of the molecule is CCC(C)C(C)(O)CNC(=O)CCc1c[nH]c2ccccc12. The number of carbonyl (C=O) groups is 1. The number of hydrogen-bond donors (Lipinski definition) is 3. The van der Waals surface area contributed by atoms with Gasteiger partial charge in [0.2, 0.25) is 5.91 Å². The molecule has 0 spiro atoms. The minimum atomic E-state index is -0.856. The summed E-state index contributed by atoms with van der Waals surface area (Å²) in [7, 11) is 0. The molecule has 0 aliphatic heterocycles. The molecule has 0 aliphatic carbocycles. The zero-order valence-electron chi connectivity index (χ0n) is 13.6. The maximum absolute atomic E-state index is 12.0. The molecule has 0 bridgehead atoms. The number of aliphatic hydroxyl groups is 1. The Bertz CT molecular complexity index is 631. The van der Waals surface area contributed by atoms with Crippen LogP contribution in [0.3, 0.4) is 0 Å². The predicted molar refractivity (Wildman–Crippen MR) is 89.7 cm³/mol. The molecule has 120 valence electrons. The fourth-order valence-corrected chi connectivity index (χ4v) is 2.57. The van der Waals surface area contributed by atoms with Gasteiger partial charge in [0.25, 0.3) is 0 Å². The van der Waals surface area contributed by atoms with E-state index in [1.54, 1.807) is 6.92 Å². The van der Waals surface area contributed by atoms with E-state index in [1.807, 2.05) is 38.2 Å². The molecule has 0 saturated carbocycles. The van der Waals surface area contributed by atoms with Crippen molar-refractivity contribution >= 4 is 16.8 Å². The summed E-state index contributed by atoms with van der Waals surface area (Å²) < 4.78 is 0. The second kappa shape index (κ2) is 6.97. The molecule has 0 saturated heterocycles. The van der Waals surface area contributed by atoms with Gasteiger partial charge in [-0.2, -0.15) is 0 Å². The third kappa shape index (κ3) is 3.89. The maximum atomic E-state index is 12.0. The van der Waals surface area contributed by atoms with Crippen LogP contribution in [0.25, 0.3) is 10.9 Å². The standard InChI is InChI=1S/C18H26N2O2/c1-4-13(2)18(3,22)12-20-17(21)10-9-14-11-19-16-8-6-5-7-15(14)16/h5-8,11,13,19,22H,4,9-10,12H2,1-3H3,(H,20,21). The maximum Gasteiger partial charge on any atom is 0.220 e. The van der Waals surface area contributed by atoms with Crippen LogP contribution < -0.4 is 5.32 Å². The summed E-state index contributed by atoms with van der Waals surface area (Å²) in [5.74, 6) is 0.135. The van der Waals surface area contributed by atoms with Crippen LogP contribution in [0.2, 0.25) is 0 Å². The minimum absolute atomic E-state index is 0.0196. The van der Waals surface area contributed by atoms with Crippen molar-refractivity contribution in [2.75, 3.05) is 6.54 Å². The second-order valence-corrected chi connectivity index (χ2v) is 6.30. The van der Waals surface area contributed by atoms with Gasteiger partial charge in [0.1, 0.15) is 0 Å². The number of para-hydroxylation sites is 1. The Morgan fingerprint density at radius 2 is 2.14 bits per heavy atom. The van der Waals surface area contributed by atoms with Gasteiger partial charge in [-0.05, 0) is 30.9 Å². The Hall–Kier alpha value is -1.81. The molecule has 2 rings (SSSR count). The van der Waals surface area contributed by atoms with E-state index >= 15 is 0 Å². The number of benzene rings is 1. The molecule has 1 aromatic carbocycles. The van der Waals surface area contributed by atoms with Crippen LogP contribution in [-0.4, -0.2) is 28.1 Å². The van der Waals surface area contributed by atoms with Crippen LogP contribution in [0, 0.1) is 5.92 Å². The fraction of sp³-hybridized carbons (Fsp3) is 0.500. The molecule has 0 radical (unpaired) electrons. The van der Waals surface area contributed by atoms with E-state index < -0.39 is 5.60 Å². The van der Waals surface area contributed by atoms with E-state index in [0.29, 0.717) is 19.4 Å². The highest BCUT2D eigenvalue weighted by Crippen LogP contribution is 2.20. The van der Waals surface area contributed by atoms with Gasteiger partial charge in [-0.1, -0.05) is 38.5 Å². The average molecular weight is 302 g/mol. The van der Waals surface area contributed by atoms with Gasteiger partial charge in [0.15, 0.2) is 0 Å². The molecule has 1 amide bonds. The van der Waals surface area contributed by atoms with Crippen LogP contribution in [-0.2, 0) is 11.2 Å². The molecule has 22 heavy (non-hydrogen) atoms. The first-order valence-corrected chi connectivity index (χ1v) is 7.98. The normalized spacial score (nSPS) is 15.5. The van der Waals surface area contributed by atoms with E-state index in [2.05, 4.69) is 16.4 Å². The van der Waals surface area contributed by atoms with Crippen LogP contribution >= 0.6 is 0 Å². The van der Waals surface area contributed by atoms with Gasteiger partial charge in [0.05, 0.1) is 5.60 Å². The van der Waals surface area contributed by atoms with Crippen molar-refractivity contribution in [2.45, 2.75) is 45.6 Å². The van der Waals surface area contributed by atoms with Crippen molar-refractivity contribution in [2.24, 2.45) is 5.92 Å². The Morgan fingerprint density at radius 1 is 1.41 bits per heavy atom. The summed E-state index contributed by atoms with van der Waals surface area (Å²) in [5.41, 5.74) is 1.39. The smallest absolute Gasteiger partial charge is 0.220 e. The largest absolute Gasteiger partial charge is 0.388 e. The Labute approximate surface area is 131 Å². The third-order valence-electron chi connectivity index (χ3n) is 4.61. The van der Waals surface area contributed by atoms with Crippen LogP contribution in [0.1, 0.15) is 39.2 Å². The molecular weight excluding hydrogens is 276 g/mol. The van der Waals surface area contributed by atoms with Crippen molar-refractivity contribution in [3.05, 3.63) is 36.0 Å². The molecule has 1 heterocycles. The van der Waals surface area contributed by atoms with Crippen molar-refractivity contribution in [1.82, 2.24) is 10.3 Å². The lowest BCUT2D eigenvalue weighted by molar-refractivity contribution is -0.122. The lowest BCUT2D eigenvalue weighted by Crippen LogP contribution is -2.45. The van der Waals surface area contributed by atoms with E-state index in [4.69, 9.17) is 0 Å². The van der Waals surface area contributed by atoms with Gasteiger partial charge in [-0.15, -0.1) is 0 Å². The second-order valence-electron chi connectivity index (χ2n) is 6.30. The molecule has 2 atom stereocenters. The monoisotopic (exact) mass is 302 g/mol. The lowest BCUT2D eigenvalue weighted by atomic mass is 9.88. The molecule has 2 unspecified atom stereocenters. The van der Waals surface area contributed by atoms with Crippen molar-refractivity contribution in [1.29, 1.82) is 0 Å². The topological polar surface area (TPSA) is 65.1 Å². The summed E-state index contributed by atoms with van der Waals surface area (Å²) in [4.78, 5) is 15.2. The number of nitrogens with one attached hydrogen (secondary N) is 2. The summed E-state index contributed by atoms with van der Waals surface area (Å²) in [5, 5.41) is 14.3. The van der Waals surface area contributed by atoms with Gasteiger partial charge in [-0.3, -0.25) is 4.79 Å². The Morgan fingerprint density at radius 3 is 2.86 bits per heavy atom. The number of rotatable bonds is 7. The van der Waals surface area contributed by atoms with Gasteiger partial charge in [-0.25, -0.2) is 0 Å². The quantitative estimate of drug-likeness (QED) is 0.736. The van der Waals surface area contributed by atoms with Gasteiger partial charge < -0.3 is 15.4 Å². The Balaban J connectivity index is 1.86. The highest BCUT2D eigenvalue weighted by molar-refractivity contribution is 5.84. The first kappa shape index (κ1) is 16.6. The molecule has 0 aliphatic rings. The fourth-order valence-electron chi connectivity index (χ4n) is 2.57. The third-order valence-corrected chi connectivity index (χ3v) is 4.61. The highest BCUT2D eigenvalue weighted by Gasteiger charge is 2.27. The van der Waals surface area contributed by atoms with Crippen molar-refractivity contribution < 1.29 is 9.90 Å². The number of aryl methyl sites for hydroxylation is 1. The van der Waals surface area contributed by atoms with Crippen molar-refractivity contribution in [3.63, 3.8) is 0 Å². The number of hydrogen-bond acceptors (Lipinski definition) is 2. The number of H-pyrrole nitrogens is 1. The summed E-state index contributed by atoms with van der Waals surface area (Å²) in [6.45, 7) is 6.12. The van der Waals surface area contributed by atoms with E-state index in [9.17, 15) is 9.90 Å². The zero-order chi connectivity index (χ0) is 16.2. The summed E-state index contributed by atoms with van der Waals surface area (Å²) >= 11 is 0. The first-order valence-electron chi connectivity index (χ1n) is 7.98. The van der Waals surface area contributed by atoms with E-state index in [-0.39, 0.29) is 11.8 Å². The van der Waals surface area contributed by atoms with Gasteiger partial charge in [0, 0.05) is 30.1 Å². The van der Waals surface area contributed by atoms with E-state index in [1.165, 1.54) is 5.39 Å². The number of fused-ring (bicyclic) bond motifs is 1. The van der Waals surface area contributed by atoms with Crippen molar-refractivity contribution in [3.8, 4) is 0 Å². The zero-order valence-corrected chi connectivity index (χ0v) is 13.6. The lowest BCUT2D eigenvalue weighted by Gasteiger charge is -2.29. The molecule has 4 heteroatoms. The van der Waals surface area contributed by atoms with E-state index in [0.717, 1.165) is 17.5 Å². The van der Waals surface area contributed by atoms with Crippen LogP contribution in [0.4, 0.5) is 0 Å². The summed E-state index contributed by atoms with van der Waals surface area (Å²) in [6, 6.07) is 8.09. The van der Waals surface area contributed by atoms with Crippen LogP contribution in [0.5, 0.6) is 0 Å². The highest BCUT2D eigenvalue weighted by atomic mass is 16.3. The molecule has 4 nitrogen and oxygen atoms in total. The van der Waals surface area contributed by atoms with Crippen LogP contribution in [0.15, 0.2) is 30.5 Å². The molecular formula is C18H26N2O2. The molecule has 1 aromatic heterocycles. The predicted octanol–water partition coefficient (Wildman–Crippen LogP) is 3.01.